The summed E-state index contributed by atoms with van der Waals surface area (Å²) in [5, 5.41) is 11.0. The molecule has 40 heavy (non-hydrogen) atoms. The predicted molar refractivity (Wildman–Crippen MR) is 166 cm³/mol. The highest BCUT2D eigenvalue weighted by Crippen LogP contribution is 2.14. The van der Waals surface area contributed by atoms with Crippen LogP contribution in [0.3, 0.4) is 0 Å². The van der Waals surface area contributed by atoms with E-state index < -0.39 is 5.97 Å². The van der Waals surface area contributed by atoms with Crippen LogP contribution in [0.25, 0.3) is 0 Å². The summed E-state index contributed by atoms with van der Waals surface area (Å²) in [5.74, 6) is -1.40. The minimum absolute atomic E-state index is 0.135. The van der Waals surface area contributed by atoms with Crippen LogP contribution >= 0.6 is 0 Å². The highest BCUT2D eigenvalue weighted by molar-refractivity contribution is 5.80. The van der Waals surface area contributed by atoms with Crippen molar-refractivity contribution in [1.29, 1.82) is 0 Å². The van der Waals surface area contributed by atoms with E-state index in [4.69, 9.17) is 9.84 Å². The summed E-state index contributed by atoms with van der Waals surface area (Å²) in [4.78, 5) is 34.6. The van der Waals surface area contributed by atoms with Crippen LogP contribution in [0.1, 0.15) is 123 Å². The molecule has 0 rings (SSSR count). The van der Waals surface area contributed by atoms with Crippen molar-refractivity contribution >= 4 is 17.8 Å². The predicted octanol–water partition coefficient (Wildman–Crippen LogP) is 8.55. The van der Waals surface area contributed by atoms with Gasteiger partial charge < -0.3 is 15.2 Å². The van der Waals surface area contributed by atoms with Crippen LogP contribution in [0.4, 0.5) is 0 Å². The van der Waals surface area contributed by atoms with Gasteiger partial charge in [0.1, 0.15) is 12.6 Å². The molecule has 1 unspecified atom stereocenters. The normalized spacial score (nSPS) is 12.8. The van der Waals surface area contributed by atoms with Gasteiger partial charge in [0.2, 0.25) is 5.91 Å². The van der Waals surface area contributed by atoms with Gasteiger partial charge in [0, 0.05) is 12.8 Å². The molecule has 0 bridgehead atoms. The Balaban J connectivity index is 4.24. The summed E-state index contributed by atoms with van der Waals surface area (Å²) >= 11 is 0. The molecule has 1 atom stereocenters. The van der Waals surface area contributed by atoms with Gasteiger partial charge in [0.15, 0.2) is 0 Å². The highest BCUT2D eigenvalue weighted by Gasteiger charge is 2.11. The zero-order chi connectivity index (χ0) is 29.5. The lowest BCUT2D eigenvalue weighted by atomic mass is 10.1. The van der Waals surface area contributed by atoms with Crippen LogP contribution in [0.5, 0.6) is 0 Å². The molecule has 6 nitrogen and oxygen atoms in total. The molecule has 0 aliphatic rings. The minimum atomic E-state index is -1.04. The molecule has 0 aliphatic carbocycles. The number of amides is 1. The lowest BCUT2D eigenvalue weighted by Crippen LogP contribution is -2.28. The molecule has 0 aromatic carbocycles. The lowest BCUT2D eigenvalue weighted by Gasteiger charge is -2.14. The van der Waals surface area contributed by atoms with Gasteiger partial charge in [-0.2, -0.15) is 0 Å². The Kier molecular flexibility index (Phi) is 27.0. The third kappa shape index (κ3) is 28.1. The number of nitrogens with one attached hydrogen (secondary N) is 1. The molecule has 0 spiro atoms. The first-order valence-electron chi connectivity index (χ1n) is 15.4. The Bertz CT molecular complexity index is 794. The van der Waals surface area contributed by atoms with Crippen LogP contribution in [-0.2, 0) is 19.1 Å². The lowest BCUT2D eigenvalue weighted by molar-refractivity contribution is -0.147. The molecule has 6 heteroatoms. The first-order valence-corrected chi connectivity index (χ1v) is 15.4. The number of hydrogen-bond acceptors (Lipinski definition) is 4. The van der Waals surface area contributed by atoms with E-state index in [0.717, 1.165) is 96.3 Å². The van der Waals surface area contributed by atoms with Gasteiger partial charge in [-0.1, -0.05) is 94.2 Å². The summed E-state index contributed by atoms with van der Waals surface area (Å²) in [6.07, 6.45) is 36.4. The van der Waals surface area contributed by atoms with E-state index in [0.29, 0.717) is 12.8 Å². The van der Waals surface area contributed by atoms with E-state index in [9.17, 15) is 14.4 Å². The zero-order valence-electron chi connectivity index (χ0n) is 25.2. The van der Waals surface area contributed by atoms with Crippen molar-refractivity contribution in [1.82, 2.24) is 5.32 Å². The third-order valence-corrected chi connectivity index (χ3v) is 6.14. The van der Waals surface area contributed by atoms with E-state index >= 15 is 0 Å². The number of rotatable bonds is 26. The number of unbranched alkanes of at least 4 members (excludes halogenated alkanes) is 7. The summed E-state index contributed by atoms with van der Waals surface area (Å²) in [5.41, 5.74) is 0. The molecular weight excluding hydrogens is 502 g/mol. The molecule has 0 saturated heterocycles. The van der Waals surface area contributed by atoms with Gasteiger partial charge in [-0.3, -0.25) is 14.4 Å². The molecule has 0 aromatic rings. The number of carbonyl (C=O) groups is 3. The molecular formula is C34H55NO5. The van der Waals surface area contributed by atoms with Gasteiger partial charge in [-0.15, -0.1) is 0 Å². The Morgan fingerprint density at radius 3 is 2.00 bits per heavy atom. The van der Waals surface area contributed by atoms with Crippen LogP contribution in [0.2, 0.25) is 0 Å². The molecule has 0 aliphatic heterocycles. The van der Waals surface area contributed by atoms with Crippen molar-refractivity contribution < 1.29 is 24.2 Å². The quantitative estimate of drug-likeness (QED) is 0.0631. The summed E-state index contributed by atoms with van der Waals surface area (Å²) in [6.45, 7) is 3.96. The Labute approximate surface area is 243 Å². The first-order chi connectivity index (χ1) is 19.5. The molecule has 0 fully saturated rings. The molecule has 0 aromatic heterocycles. The van der Waals surface area contributed by atoms with Gasteiger partial charge in [-0.25, -0.2) is 0 Å². The number of allylic oxidation sites excluding steroid dienone is 9. The van der Waals surface area contributed by atoms with Crippen molar-refractivity contribution in [2.24, 2.45) is 0 Å². The first kappa shape index (κ1) is 37.1. The van der Waals surface area contributed by atoms with Gasteiger partial charge in [0.25, 0.3) is 0 Å². The maximum Gasteiger partial charge on any atom is 0.322 e. The number of carbonyl (C=O) groups excluding carboxylic acids is 2. The summed E-state index contributed by atoms with van der Waals surface area (Å²) in [7, 11) is 0. The van der Waals surface area contributed by atoms with Crippen molar-refractivity contribution in [3.8, 4) is 0 Å². The van der Waals surface area contributed by atoms with Crippen LogP contribution in [-0.4, -0.2) is 35.6 Å². The standard InChI is InChI=1S/C34H55NO5/c1-3-5-7-9-11-12-13-14-15-16-17-19-25-29-34(39)40-31(26-22-18-10-8-6-4-2)27-23-20-21-24-28-32(36)35-30-33(37)38/h5,7-8,10-12,14-15,22,26,31H,3-4,6,9,13,16-21,23-25,27-30H2,1-2H3,(H,35,36)(H,37,38)/b7-5-,10-8-,12-11-,15-14-,26-22-. The molecule has 0 radical (unpaired) electrons. The Morgan fingerprint density at radius 2 is 1.30 bits per heavy atom. The van der Waals surface area contributed by atoms with E-state index in [2.05, 4.69) is 73.8 Å². The minimum Gasteiger partial charge on any atom is -0.480 e. The van der Waals surface area contributed by atoms with E-state index in [1.54, 1.807) is 0 Å². The monoisotopic (exact) mass is 557 g/mol. The zero-order valence-corrected chi connectivity index (χ0v) is 25.2. The smallest absolute Gasteiger partial charge is 0.322 e. The summed E-state index contributed by atoms with van der Waals surface area (Å²) < 4.78 is 5.79. The molecule has 2 N–H and O–H groups in total. The van der Waals surface area contributed by atoms with E-state index in [1.165, 1.54) is 0 Å². The maximum atomic E-state index is 12.5. The number of aliphatic carboxylic acids is 1. The largest absolute Gasteiger partial charge is 0.480 e. The van der Waals surface area contributed by atoms with Crippen molar-refractivity contribution in [2.75, 3.05) is 6.54 Å². The second-order valence-corrected chi connectivity index (χ2v) is 9.97. The number of esters is 1. The molecule has 1 amide bonds. The average molecular weight is 558 g/mol. The SMILES string of the molecule is CC/C=C\C/C=C\C/C=C\CCCCCC(=O)OC(/C=C\C/C=C\CCC)CCCCCCC(=O)NCC(=O)O. The maximum absolute atomic E-state index is 12.5. The van der Waals surface area contributed by atoms with Crippen LogP contribution in [0.15, 0.2) is 60.8 Å². The Morgan fingerprint density at radius 1 is 0.700 bits per heavy atom. The molecule has 226 valence electrons. The van der Waals surface area contributed by atoms with Crippen molar-refractivity contribution in [3.63, 3.8) is 0 Å². The van der Waals surface area contributed by atoms with Crippen LogP contribution in [0, 0.1) is 0 Å². The topological polar surface area (TPSA) is 92.7 Å². The fraction of sp³-hybridized carbons (Fsp3) is 0.618. The average Bonchev–Trinajstić information content (AvgIpc) is 2.93. The molecule has 0 saturated carbocycles. The van der Waals surface area contributed by atoms with E-state index in [-0.39, 0.29) is 24.5 Å². The van der Waals surface area contributed by atoms with Crippen molar-refractivity contribution in [2.45, 2.75) is 129 Å². The highest BCUT2D eigenvalue weighted by atomic mass is 16.5. The van der Waals surface area contributed by atoms with Gasteiger partial charge >= 0.3 is 11.9 Å². The van der Waals surface area contributed by atoms with Crippen molar-refractivity contribution in [3.05, 3.63) is 60.8 Å². The van der Waals surface area contributed by atoms with Crippen LogP contribution < -0.4 is 5.32 Å². The number of ether oxygens (including phenoxy) is 1. The summed E-state index contributed by atoms with van der Waals surface area (Å²) in [6, 6.07) is 0. The second-order valence-electron chi connectivity index (χ2n) is 9.97. The second kappa shape index (κ2) is 29.1. The molecule has 0 heterocycles. The Hall–Kier alpha value is -2.89. The van der Waals surface area contributed by atoms with E-state index in [1.807, 2.05) is 6.08 Å². The van der Waals surface area contributed by atoms with Gasteiger partial charge in [0.05, 0.1) is 0 Å². The number of carboxylic acids is 1. The number of hydrogen-bond donors (Lipinski definition) is 2. The van der Waals surface area contributed by atoms with Gasteiger partial charge in [-0.05, 0) is 76.7 Å². The fourth-order valence-electron chi connectivity index (χ4n) is 3.89. The number of carboxylic acid groups (broad SMARTS) is 1. The fourth-order valence-corrected chi connectivity index (χ4v) is 3.89. The third-order valence-electron chi connectivity index (χ3n) is 6.14.